The molecule has 164 valence electrons. The zero-order chi connectivity index (χ0) is 21.6. The van der Waals surface area contributed by atoms with E-state index in [0.29, 0.717) is 18.3 Å². The van der Waals surface area contributed by atoms with Crippen molar-refractivity contribution in [2.75, 3.05) is 51.2 Å². The monoisotopic (exact) mass is 414 g/mol. The Morgan fingerprint density at radius 1 is 1.23 bits per heavy atom. The van der Waals surface area contributed by atoms with E-state index < -0.39 is 5.60 Å². The van der Waals surface area contributed by atoms with Crippen LogP contribution < -0.4 is 15.5 Å². The molecule has 0 aromatic carbocycles. The van der Waals surface area contributed by atoms with Gasteiger partial charge in [0.25, 0.3) is 0 Å². The Morgan fingerprint density at radius 3 is 2.67 bits per heavy atom. The molecule has 1 saturated heterocycles. The number of pyridine rings is 1. The molecular formula is C22H34N6O2. The van der Waals surface area contributed by atoms with Gasteiger partial charge in [0.1, 0.15) is 22.9 Å². The number of nitrogens with one attached hydrogen (secondary N) is 2. The topological polar surface area (TPSA) is 89.2 Å². The standard InChI is InChI=1S/C22H34N6O2/c1-5-23-21(26-16-22(3,29)19-9-8-17(2)30-19)25-15-18-7-6-10-24-20(18)28-13-11-27(4)12-14-28/h6-10,29H,5,11-16H2,1-4H3,(H2,23,25,26). The van der Waals surface area contributed by atoms with Crippen molar-refractivity contribution in [3.63, 3.8) is 0 Å². The molecule has 1 atom stereocenters. The van der Waals surface area contributed by atoms with Gasteiger partial charge in [0.2, 0.25) is 0 Å². The van der Waals surface area contributed by atoms with Gasteiger partial charge in [0.15, 0.2) is 5.96 Å². The number of aryl methyl sites for hydroxylation is 1. The highest BCUT2D eigenvalue weighted by Crippen LogP contribution is 2.22. The number of likely N-dealkylation sites (N-methyl/N-ethyl adjacent to an activating group) is 1. The van der Waals surface area contributed by atoms with Crippen LogP contribution in [0, 0.1) is 6.92 Å². The average Bonchev–Trinajstić information content (AvgIpc) is 3.18. The van der Waals surface area contributed by atoms with Gasteiger partial charge in [-0.15, -0.1) is 0 Å². The molecule has 0 aliphatic carbocycles. The van der Waals surface area contributed by atoms with Gasteiger partial charge in [-0.2, -0.15) is 0 Å². The van der Waals surface area contributed by atoms with E-state index in [-0.39, 0.29) is 6.54 Å². The van der Waals surface area contributed by atoms with Crippen LogP contribution in [0.2, 0.25) is 0 Å². The number of hydrogen-bond donors (Lipinski definition) is 3. The summed E-state index contributed by atoms with van der Waals surface area (Å²) in [5.41, 5.74) is -0.0447. The summed E-state index contributed by atoms with van der Waals surface area (Å²) in [5.74, 6) is 2.96. The molecule has 2 aromatic rings. The van der Waals surface area contributed by atoms with E-state index in [1.807, 2.05) is 32.2 Å². The maximum absolute atomic E-state index is 10.8. The zero-order valence-corrected chi connectivity index (χ0v) is 18.5. The van der Waals surface area contributed by atoms with Crippen LogP contribution in [0.25, 0.3) is 0 Å². The number of rotatable bonds is 7. The minimum atomic E-state index is -1.14. The van der Waals surface area contributed by atoms with Crippen LogP contribution in [0.15, 0.2) is 39.9 Å². The summed E-state index contributed by atoms with van der Waals surface area (Å²) >= 11 is 0. The lowest BCUT2D eigenvalue weighted by molar-refractivity contribution is 0.0378. The number of hydrogen-bond acceptors (Lipinski definition) is 6. The van der Waals surface area contributed by atoms with Gasteiger partial charge in [0.05, 0.1) is 13.1 Å². The van der Waals surface area contributed by atoms with E-state index in [4.69, 9.17) is 9.41 Å². The number of aromatic nitrogens is 1. The van der Waals surface area contributed by atoms with Crippen LogP contribution in [0.1, 0.15) is 30.9 Å². The highest BCUT2D eigenvalue weighted by molar-refractivity contribution is 5.79. The van der Waals surface area contributed by atoms with Crippen LogP contribution >= 0.6 is 0 Å². The summed E-state index contributed by atoms with van der Waals surface area (Å²) in [7, 11) is 2.15. The first kappa shape index (κ1) is 22.1. The predicted octanol–water partition coefficient (Wildman–Crippen LogP) is 1.70. The Morgan fingerprint density at radius 2 is 2.00 bits per heavy atom. The van der Waals surface area contributed by atoms with E-state index in [1.165, 1.54) is 0 Å². The smallest absolute Gasteiger partial charge is 0.191 e. The van der Waals surface area contributed by atoms with Crippen molar-refractivity contribution in [1.82, 2.24) is 20.5 Å². The molecule has 3 heterocycles. The number of nitrogens with zero attached hydrogens (tertiary/aromatic N) is 4. The third-order valence-electron chi connectivity index (χ3n) is 5.29. The SMILES string of the molecule is CCNC(=NCc1cccnc1N1CCN(C)CC1)NCC(C)(O)c1ccc(C)o1. The highest BCUT2D eigenvalue weighted by atomic mass is 16.4. The number of aliphatic imine (C=N–C) groups is 1. The van der Waals surface area contributed by atoms with Gasteiger partial charge >= 0.3 is 0 Å². The number of aliphatic hydroxyl groups is 1. The molecule has 30 heavy (non-hydrogen) atoms. The quantitative estimate of drug-likeness (QED) is 0.469. The predicted molar refractivity (Wildman–Crippen MR) is 120 cm³/mol. The molecule has 1 aliphatic heterocycles. The molecule has 1 unspecified atom stereocenters. The summed E-state index contributed by atoms with van der Waals surface area (Å²) in [6.45, 7) is 11.1. The van der Waals surface area contributed by atoms with Crippen LogP contribution in [0.5, 0.6) is 0 Å². The van der Waals surface area contributed by atoms with E-state index >= 15 is 0 Å². The van der Waals surface area contributed by atoms with Crippen LogP contribution in [-0.2, 0) is 12.1 Å². The third-order valence-corrected chi connectivity index (χ3v) is 5.29. The van der Waals surface area contributed by atoms with Crippen molar-refractivity contribution >= 4 is 11.8 Å². The van der Waals surface area contributed by atoms with Gasteiger partial charge in [-0.3, -0.25) is 0 Å². The van der Waals surface area contributed by atoms with E-state index in [0.717, 1.165) is 49.9 Å². The number of furan rings is 1. The zero-order valence-electron chi connectivity index (χ0n) is 18.5. The van der Waals surface area contributed by atoms with Crippen molar-refractivity contribution in [2.24, 2.45) is 4.99 Å². The molecule has 0 radical (unpaired) electrons. The maximum Gasteiger partial charge on any atom is 0.191 e. The summed E-state index contributed by atoms with van der Waals surface area (Å²) in [6.07, 6.45) is 1.84. The third kappa shape index (κ3) is 5.73. The number of guanidine groups is 1. The molecule has 1 fully saturated rings. The van der Waals surface area contributed by atoms with Crippen molar-refractivity contribution in [1.29, 1.82) is 0 Å². The fourth-order valence-corrected chi connectivity index (χ4v) is 3.43. The largest absolute Gasteiger partial charge is 0.463 e. The van der Waals surface area contributed by atoms with Crippen LogP contribution in [0.3, 0.4) is 0 Å². The lowest BCUT2D eigenvalue weighted by atomic mass is 10.0. The molecule has 8 heteroatoms. The molecule has 2 aromatic heterocycles. The minimum absolute atomic E-state index is 0.282. The first-order chi connectivity index (χ1) is 14.4. The summed E-state index contributed by atoms with van der Waals surface area (Å²) < 4.78 is 5.59. The summed E-state index contributed by atoms with van der Waals surface area (Å²) in [4.78, 5) is 14.0. The molecule has 0 spiro atoms. The van der Waals surface area contributed by atoms with Gasteiger partial charge in [-0.25, -0.2) is 9.98 Å². The van der Waals surface area contributed by atoms with Crippen molar-refractivity contribution in [3.05, 3.63) is 47.5 Å². The number of piperazine rings is 1. The average molecular weight is 415 g/mol. The lowest BCUT2D eigenvalue weighted by Gasteiger charge is -2.34. The van der Waals surface area contributed by atoms with E-state index in [2.05, 4.69) is 38.5 Å². The molecule has 8 nitrogen and oxygen atoms in total. The lowest BCUT2D eigenvalue weighted by Crippen LogP contribution is -2.45. The fourth-order valence-electron chi connectivity index (χ4n) is 3.43. The normalized spacial score (nSPS) is 17.6. The molecule has 1 aliphatic rings. The fraction of sp³-hybridized carbons (Fsp3) is 0.545. The Bertz CT molecular complexity index is 840. The first-order valence-electron chi connectivity index (χ1n) is 10.6. The second-order valence-corrected chi connectivity index (χ2v) is 8.01. The summed E-state index contributed by atoms with van der Waals surface area (Å²) in [5, 5.41) is 17.3. The van der Waals surface area contributed by atoms with Gasteiger partial charge < -0.3 is 30.0 Å². The molecular weight excluding hydrogens is 380 g/mol. The van der Waals surface area contributed by atoms with Crippen molar-refractivity contribution < 1.29 is 9.52 Å². The van der Waals surface area contributed by atoms with E-state index in [1.54, 1.807) is 13.0 Å². The van der Waals surface area contributed by atoms with Crippen LogP contribution in [-0.4, -0.2) is 67.3 Å². The maximum atomic E-state index is 10.8. The molecule has 0 bridgehead atoms. The molecule has 0 saturated carbocycles. The molecule has 3 rings (SSSR count). The Hall–Kier alpha value is -2.58. The second kappa shape index (κ2) is 9.95. The number of anilines is 1. The first-order valence-corrected chi connectivity index (χ1v) is 10.6. The van der Waals surface area contributed by atoms with Crippen molar-refractivity contribution in [2.45, 2.75) is 32.9 Å². The van der Waals surface area contributed by atoms with E-state index in [9.17, 15) is 5.11 Å². The van der Waals surface area contributed by atoms with Crippen molar-refractivity contribution in [3.8, 4) is 0 Å². The van der Waals surface area contributed by atoms with Gasteiger partial charge in [-0.05, 0) is 46.0 Å². The highest BCUT2D eigenvalue weighted by Gasteiger charge is 2.27. The molecule has 0 amide bonds. The van der Waals surface area contributed by atoms with Gasteiger partial charge in [-0.1, -0.05) is 6.07 Å². The Balaban J connectivity index is 1.68. The molecule has 3 N–H and O–H groups in total. The van der Waals surface area contributed by atoms with Gasteiger partial charge in [0, 0.05) is 44.5 Å². The minimum Gasteiger partial charge on any atom is -0.463 e. The second-order valence-electron chi connectivity index (χ2n) is 8.01. The summed E-state index contributed by atoms with van der Waals surface area (Å²) in [6, 6.07) is 7.69. The Kier molecular flexibility index (Phi) is 7.33. The Labute approximate surface area is 179 Å². The van der Waals surface area contributed by atoms with Crippen LogP contribution in [0.4, 0.5) is 5.82 Å².